The van der Waals surface area contributed by atoms with Crippen LogP contribution in [0.1, 0.15) is 29.5 Å². The van der Waals surface area contributed by atoms with Crippen molar-refractivity contribution in [3.05, 3.63) is 151 Å². The molecule has 0 spiro atoms. The number of esters is 3. The van der Waals surface area contributed by atoms with E-state index in [9.17, 15) is 19.5 Å². The molecule has 4 aromatic carbocycles. The molecule has 2 unspecified atom stereocenters. The number of hydrogen-bond acceptors (Lipinski definition) is 8. The normalized spacial score (nSPS) is 12.3. The molecule has 0 saturated carbocycles. The van der Waals surface area contributed by atoms with E-state index in [1.165, 1.54) is 12.1 Å². The molecule has 4 aromatic rings. The first-order chi connectivity index (χ1) is 24.3. The van der Waals surface area contributed by atoms with Gasteiger partial charge in [-0.3, -0.25) is 4.79 Å². The molecule has 51 heavy (non-hydrogen) atoms. The third-order valence-electron chi connectivity index (χ3n) is 7.61. The number of carbonyl (C=O) groups excluding carboxylic acids is 3. The molecule has 13 heteroatoms. The molecule has 0 heterocycles. The Morgan fingerprint density at radius 2 is 1.20 bits per heavy atom. The summed E-state index contributed by atoms with van der Waals surface area (Å²) in [6, 6.07) is 24.5. The first-order valence-corrected chi connectivity index (χ1v) is 18.0. The van der Waals surface area contributed by atoms with Crippen molar-refractivity contribution in [2.24, 2.45) is 0 Å². The average molecular weight is 882 g/mol. The van der Waals surface area contributed by atoms with E-state index in [2.05, 4.69) is 45.0 Å². The van der Waals surface area contributed by atoms with Gasteiger partial charge < -0.3 is 24.1 Å². The number of carbonyl (C=O) groups is 3. The molecule has 4 rings (SSSR count). The Kier molecular flexibility index (Phi) is 14.7. The summed E-state index contributed by atoms with van der Waals surface area (Å²) in [5, 5.41) is 12.3. The molecular formula is C38H31Br2Cl3O8. The second kappa shape index (κ2) is 18.7. The smallest absolute Gasteiger partial charge is 0.335 e. The summed E-state index contributed by atoms with van der Waals surface area (Å²) in [7, 11) is 0. The molecule has 8 nitrogen and oxygen atoms in total. The molecule has 0 aliphatic carbocycles. The van der Waals surface area contributed by atoms with Crippen LogP contribution < -0.4 is 9.47 Å². The van der Waals surface area contributed by atoms with Crippen LogP contribution in [0.3, 0.4) is 0 Å². The van der Waals surface area contributed by atoms with Crippen LogP contribution >= 0.6 is 66.7 Å². The Hall–Kier alpha value is -3.64. The zero-order valence-electron chi connectivity index (χ0n) is 26.8. The summed E-state index contributed by atoms with van der Waals surface area (Å²) in [6.07, 6.45) is -0.614. The third-order valence-corrected chi connectivity index (χ3v) is 9.54. The van der Waals surface area contributed by atoms with E-state index in [0.717, 1.165) is 28.8 Å². The predicted molar refractivity (Wildman–Crippen MR) is 204 cm³/mol. The van der Waals surface area contributed by atoms with E-state index >= 15 is 0 Å². The number of halogens is 5. The first-order valence-electron chi connectivity index (χ1n) is 15.3. The molecule has 2 atom stereocenters. The largest absolute Gasteiger partial charge is 0.487 e. The van der Waals surface area contributed by atoms with E-state index in [1.807, 2.05) is 36.4 Å². The van der Waals surface area contributed by atoms with Gasteiger partial charge in [-0.1, -0.05) is 84.4 Å². The molecule has 0 fully saturated rings. The fourth-order valence-corrected chi connectivity index (χ4v) is 7.03. The van der Waals surface area contributed by atoms with Crippen molar-refractivity contribution in [1.82, 2.24) is 0 Å². The minimum absolute atomic E-state index is 0.156. The summed E-state index contributed by atoms with van der Waals surface area (Å²) >= 11 is 25.7. The first kappa shape index (κ1) is 40.1. The minimum atomic E-state index is -1.23. The lowest BCUT2D eigenvalue weighted by Crippen LogP contribution is -2.36. The summed E-state index contributed by atoms with van der Waals surface area (Å²) in [5.74, 6) is -1.48. The van der Waals surface area contributed by atoms with Gasteiger partial charge in [-0.2, -0.15) is 0 Å². The second-order valence-corrected chi connectivity index (χ2v) is 14.1. The SMILES string of the molecule is C=CC(=O)OCC(O)CC(COc1c(Br)cc(OC(=O)C=C)cc1Br)OC(=O)CC(c1ccc(Cl)cc1)(c1ccc(Cl)cc1)c1ccc(Cl)cc1. The Balaban J connectivity index is 1.70. The van der Waals surface area contributed by atoms with Crippen molar-refractivity contribution in [1.29, 1.82) is 0 Å². The van der Waals surface area contributed by atoms with Crippen LogP contribution in [0.15, 0.2) is 119 Å². The number of benzene rings is 4. The van der Waals surface area contributed by atoms with Gasteiger partial charge in [0.05, 0.1) is 26.9 Å². The third kappa shape index (κ3) is 10.9. The van der Waals surface area contributed by atoms with Crippen LogP contribution in [0.5, 0.6) is 11.5 Å². The molecule has 0 amide bonds. The number of hydrogen-bond donors (Lipinski definition) is 1. The second-order valence-electron chi connectivity index (χ2n) is 11.1. The molecule has 0 radical (unpaired) electrons. The molecule has 0 aromatic heterocycles. The average Bonchev–Trinajstić information content (AvgIpc) is 3.10. The highest BCUT2D eigenvalue weighted by molar-refractivity contribution is 9.11. The fraction of sp³-hybridized carbons (Fsp3) is 0.184. The highest BCUT2D eigenvalue weighted by Crippen LogP contribution is 2.44. The summed E-state index contributed by atoms with van der Waals surface area (Å²) in [5.41, 5.74) is 1.11. The van der Waals surface area contributed by atoms with Crippen LogP contribution in [0.2, 0.25) is 15.1 Å². The van der Waals surface area contributed by atoms with Crippen molar-refractivity contribution < 1.29 is 38.4 Å². The molecule has 0 aliphatic heterocycles. The predicted octanol–water partition coefficient (Wildman–Crippen LogP) is 9.46. The van der Waals surface area contributed by atoms with Crippen molar-refractivity contribution in [2.75, 3.05) is 13.2 Å². The number of aliphatic hydroxyl groups excluding tert-OH is 1. The van der Waals surface area contributed by atoms with Crippen LogP contribution in [0, 0.1) is 0 Å². The highest BCUT2D eigenvalue weighted by atomic mass is 79.9. The van der Waals surface area contributed by atoms with Gasteiger partial charge in [0.15, 0.2) is 0 Å². The monoisotopic (exact) mass is 878 g/mol. The van der Waals surface area contributed by atoms with E-state index < -0.39 is 35.5 Å². The van der Waals surface area contributed by atoms with Gasteiger partial charge in [0.2, 0.25) is 0 Å². The zero-order chi connectivity index (χ0) is 37.1. The summed E-state index contributed by atoms with van der Waals surface area (Å²) < 4.78 is 23.2. The molecule has 0 bridgehead atoms. The number of aliphatic hydroxyl groups is 1. The summed E-state index contributed by atoms with van der Waals surface area (Å²) in [6.45, 7) is 6.15. The van der Waals surface area contributed by atoms with Gasteiger partial charge in [0.1, 0.15) is 30.8 Å². The lowest BCUT2D eigenvalue weighted by atomic mass is 9.67. The number of ether oxygens (including phenoxy) is 4. The molecule has 1 N–H and O–H groups in total. The molecular weight excluding hydrogens is 851 g/mol. The number of rotatable bonds is 16. The van der Waals surface area contributed by atoms with Crippen LogP contribution in [0.4, 0.5) is 0 Å². The standard InChI is InChI=1S/C38H31Br2Cl3O8/c1-3-34(45)48-21-29(44)17-31(22-49-37-32(39)18-30(19-33(37)40)50-35(46)4-2)51-36(47)20-38(23-5-11-26(41)12-6-23,24-7-13-27(42)14-8-24)25-9-15-28(43)16-10-25/h3-16,18-19,29,31,44H,1-2,17,20-22H2. The van der Waals surface area contributed by atoms with E-state index in [-0.39, 0.29) is 31.8 Å². The van der Waals surface area contributed by atoms with Gasteiger partial charge in [0.25, 0.3) is 0 Å². The fourth-order valence-electron chi connectivity index (χ4n) is 5.28. The Bertz CT molecular complexity index is 1730. The van der Waals surface area contributed by atoms with Crippen LogP contribution in [-0.4, -0.2) is 48.4 Å². The van der Waals surface area contributed by atoms with E-state index in [1.54, 1.807) is 36.4 Å². The van der Waals surface area contributed by atoms with E-state index in [0.29, 0.717) is 29.8 Å². The quantitative estimate of drug-likeness (QED) is 0.0514. The zero-order valence-corrected chi connectivity index (χ0v) is 32.3. The molecule has 0 saturated heterocycles. The van der Waals surface area contributed by atoms with Gasteiger partial charge in [0, 0.05) is 33.6 Å². The molecule has 0 aliphatic rings. The maximum atomic E-state index is 14.2. The van der Waals surface area contributed by atoms with Crippen molar-refractivity contribution in [2.45, 2.75) is 30.5 Å². The molecule has 266 valence electrons. The summed E-state index contributed by atoms with van der Waals surface area (Å²) in [4.78, 5) is 37.6. The maximum Gasteiger partial charge on any atom is 0.335 e. The lowest BCUT2D eigenvalue weighted by Gasteiger charge is -2.36. The topological polar surface area (TPSA) is 108 Å². The minimum Gasteiger partial charge on any atom is -0.487 e. The highest BCUT2D eigenvalue weighted by Gasteiger charge is 2.40. The van der Waals surface area contributed by atoms with Gasteiger partial charge >= 0.3 is 17.9 Å². The van der Waals surface area contributed by atoms with Crippen molar-refractivity contribution >= 4 is 84.6 Å². The van der Waals surface area contributed by atoms with E-state index in [4.69, 9.17) is 53.8 Å². The van der Waals surface area contributed by atoms with Crippen LogP contribution in [-0.2, 0) is 29.3 Å². The Labute approximate surface area is 327 Å². The van der Waals surface area contributed by atoms with Crippen molar-refractivity contribution in [3.8, 4) is 11.5 Å². The van der Waals surface area contributed by atoms with Gasteiger partial charge in [-0.05, 0) is 97.1 Å². The van der Waals surface area contributed by atoms with Gasteiger partial charge in [-0.15, -0.1) is 0 Å². The maximum absolute atomic E-state index is 14.2. The van der Waals surface area contributed by atoms with Gasteiger partial charge in [-0.25, -0.2) is 9.59 Å². The lowest BCUT2D eigenvalue weighted by molar-refractivity contribution is -0.155. The Morgan fingerprint density at radius 3 is 1.63 bits per heavy atom. The van der Waals surface area contributed by atoms with Crippen LogP contribution in [0.25, 0.3) is 0 Å². The Morgan fingerprint density at radius 1 is 0.745 bits per heavy atom. The van der Waals surface area contributed by atoms with Crippen molar-refractivity contribution in [3.63, 3.8) is 0 Å².